The molecule has 4 heterocycles. The summed E-state index contributed by atoms with van der Waals surface area (Å²) in [6.07, 6.45) is 0.586. The zero-order chi connectivity index (χ0) is 31.5. The van der Waals surface area contributed by atoms with Crippen molar-refractivity contribution in [3.05, 3.63) is 90.5 Å². The molecule has 0 radical (unpaired) electrons. The molecule has 3 aromatic carbocycles. The summed E-state index contributed by atoms with van der Waals surface area (Å²) in [6, 6.07) is 27.4. The summed E-state index contributed by atoms with van der Waals surface area (Å²) in [5.74, 6) is 0.616. The van der Waals surface area contributed by atoms with Crippen molar-refractivity contribution in [2.24, 2.45) is 9.98 Å². The van der Waals surface area contributed by atoms with Gasteiger partial charge in [0.1, 0.15) is 11.9 Å². The van der Waals surface area contributed by atoms with Crippen LogP contribution in [0, 0.1) is 0 Å². The number of amides is 3. The Morgan fingerprint density at radius 1 is 0.696 bits per heavy atom. The third kappa shape index (κ3) is 6.24. The SMILES string of the molecule is O=C(CCC1N=C2c3ccccc3N=C(SCC(=O)N3CCN(c4ccccc4)CC3)N2C1=O)N1CCN(c2ccccc2)CC1. The number of aliphatic imine (C=N–C) groups is 2. The van der Waals surface area contributed by atoms with E-state index in [0.717, 1.165) is 37.4 Å². The van der Waals surface area contributed by atoms with Crippen molar-refractivity contribution in [2.75, 3.05) is 67.9 Å². The van der Waals surface area contributed by atoms with Crippen LogP contribution in [0.5, 0.6) is 0 Å². The van der Waals surface area contributed by atoms with Crippen LogP contribution < -0.4 is 9.80 Å². The van der Waals surface area contributed by atoms with Gasteiger partial charge in [-0.2, -0.15) is 0 Å². The van der Waals surface area contributed by atoms with E-state index in [1.807, 2.05) is 70.5 Å². The van der Waals surface area contributed by atoms with Crippen LogP contribution in [-0.4, -0.2) is 108 Å². The van der Waals surface area contributed by atoms with Crippen molar-refractivity contribution in [1.29, 1.82) is 0 Å². The van der Waals surface area contributed by atoms with E-state index in [4.69, 9.17) is 9.98 Å². The first-order chi connectivity index (χ1) is 22.5. The Hall–Kier alpha value is -4.64. The third-order valence-electron chi connectivity index (χ3n) is 9.01. The lowest BCUT2D eigenvalue weighted by Gasteiger charge is -2.36. The highest BCUT2D eigenvalue weighted by Crippen LogP contribution is 2.34. The molecule has 0 bridgehead atoms. The predicted molar refractivity (Wildman–Crippen MR) is 183 cm³/mol. The number of carbonyl (C=O) groups excluding carboxylic acids is 3. The van der Waals surface area contributed by atoms with Gasteiger partial charge < -0.3 is 19.6 Å². The molecule has 3 aromatic rings. The van der Waals surface area contributed by atoms with Gasteiger partial charge in [-0.1, -0.05) is 60.3 Å². The van der Waals surface area contributed by atoms with E-state index < -0.39 is 6.04 Å². The van der Waals surface area contributed by atoms with Crippen molar-refractivity contribution < 1.29 is 14.4 Å². The largest absolute Gasteiger partial charge is 0.368 e. The Bertz CT molecular complexity index is 1650. The van der Waals surface area contributed by atoms with Crippen molar-refractivity contribution >= 4 is 57.5 Å². The maximum Gasteiger partial charge on any atom is 0.259 e. The number of para-hydroxylation sites is 3. The maximum absolute atomic E-state index is 13.8. The number of anilines is 2. The Balaban J connectivity index is 0.958. The molecule has 2 saturated heterocycles. The van der Waals surface area contributed by atoms with Crippen molar-refractivity contribution in [2.45, 2.75) is 18.9 Å². The van der Waals surface area contributed by atoms with Crippen molar-refractivity contribution in [1.82, 2.24) is 14.7 Å². The first kappa shape index (κ1) is 30.0. The lowest BCUT2D eigenvalue weighted by Crippen LogP contribution is -2.49. The zero-order valence-electron chi connectivity index (χ0n) is 25.7. The van der Waals surface area contributed by atoms with Gasteiger partial charge >= 0.3 is 0 Å². The molecule has 1 unspecified atom stereocenters. The minimum atomic E-state index is -0.664. The number of carbonyl (C=O) groups is 3. The minimum absolute atomic E-state index is 0.0268. The van der Waals surface area contributed by atoms with E-state index in [-0.39, 0.29) is 29.9 Å². The van der Waals surface area contributed by atoms with Gasteiger partial charge in [-0.25, -0.2) is 9.89 Å². The quantitative estimate of drug-likeness (QED) is 0.392. The molecule has 11 heteroatoms. The van der Waals surface area contributed by atoms with Gasteiger partial charge in [-0.05, 0) is 42.8 Å². The topological polar surface area (TPSA) is 92.1 Å². The number of piperazine rings is 2. The summed E-state index contributed by atoms with van der Waals surface area (Å²) in [7, 11) is 0. The average Bonchev–Trinajstić information content (AvgIpc) is 3.46. The number of thioether (sulfide) groups is 1. The molecule has 2 fully saturated rings. The molecular formula is C35H37N7O3S. The number of benzene rings is 3. The fourth-order valence-corrected chi connectivity index (χ4v) is 7.33. The Morgan fingerprint density at radius 2 is 1.24 bits per heavy atom. The monoisotopic (exact) mass is 635 g/mol. The summed E-state index contributed by atoms with van der Waals surface area (Å²) < 4.78 is 0. The molecule has 4 aliphatic heterocycles. The van der Waals surface area contributed by atoms with Crippen LogP contribution >= 0.6 is 11.8 Å². The fraction of sp³-hybridized carbons (Fsp3) is 0.343. The highest BCUT2D eigenvalue weighted by atomic mass is 32.2. The average molecular weight is 636 g/mol. The van der Waals surface area contributed by atoms with Crippen LogP contribution in [0.4, 0.5) is 17.1 Å². The van der Waals surface area contributed by atoms with E-state index >= 15 is 0 Å². The molecule has 0 saturated carbocycles. The van der Waals surface area contributed by atoms with Crippen molar-refractivity contribution in [3.63, 3.8) is 0 Å². The van der Waals surface area contributed by atoms with Crippen LogP contribution in [-0.2, 0) is 14.4 Å². The van der Waals surface area contributed by atoms with Gasteiger partial charge in [0, 0.05) is 75.7 Å². The lowest BCUT2D eigenvalue weighted by atomic mass is 10.1. The van der Waals surface area contributed by atoms with Gasteiger partial charge in [0.05, 0.1) is 11.4 Å². The summed E-state index contributed by atoms with van der Waals surface area (Å²) in [5.41, 5.74) is 3.85. The van der Waals surface area contributed by atoms with Crippen LogP contribution in [0.3, 0.4) is 0 Å². The van der Waals surface area contributed by atoms with E-state index in [1.54, 1.807) is 4.90 Å². The molecule has 7 rings (SSSR count). The standard InChI is InChI=1S/C35H37N7O3S/c43-31(40-21-17-38(18-22-40)26-9-3-1-4-10-26)16-15-30-34(45)42-33(36-30)28-13-7-8-14-29(28)37-35(42)46-25-32(44)41-23-19-39(20-24-41)27-11-5-2-6-12-27/h1-14,30H,15-25H2. The van der Waals surface area contributed by atoms with E-state index in [1.165, 1.54) is 23.1 Å². The second-order valence-electron chi connectivity index (χ2n) is 11.8. The number of fused-ring (bicyclic) bond motifs is 3. The highest BCUT2D eigenvalue weighted by Gasteiger charge is 2.42. The summed E-state index contributed by atoms with van der Waals surface area (Å²) in [5, 5.41) is 0.463. The van der Waals surface area contributed by atoms with Gasteiger partial charge in [-0.3, -0.25) is 19.4 Å². The van der Waals surface area contributed by atoms with Crippen LogP contribution in [0.15, 0.2) is 94.9 Å². The Kier molecular flexibility index (Phi) is 8.74. The fourth-order valence-electron chi connectivity index (χ4n) is 6.43. The molecule has 46 heavy (non-hydrogen) atoms. The number of hydrogen-bond acceptors (Lipinski definition) is 8. The molecule has 10 nitrogen and oxygen atoms in total. The molecule has 3 amide bonds. The van der Waals surface area contributed by atoms with Gasteiger partial charge in [0.2, 0.25) is 11.8 Å². The van der Waals surface area contributed by atoms with Crippen LogP contribution in [0.1, 0.15) is 18.4 Å². The number of hydrogen-bond donors (Lipinski definition) is 0. The summed E-state index contributed by atoms with van der Waals surface area (Å²) in [4.78, 5) is 59.7. The minimum Gasteiger partial charge on any atom is -0.368 e. The maximum atomic E-state index is 13.8. The Labute approximate surface area is 273 Å². The highest BCUT2D eigenvalue weighted by molar-refractivity contribution is 8.14. The van der Waals surface area contributed by atoms with E-state index in [2.05, 4.69) is 34.1 Å². The van der Waals surface area contributed by atoms with Gasteiger partial charge in [0.15, 0.2) is 5.17 Å². The second-order valence-corrected chi connectivity index (χ2v) is 12.7. The number of nitrogens with zero attached hydrogens (tertiary/aromatic N) is 7. The molecule has 1 atom stereocenters. The van der Waals surface area contributed by atoms with Gasteiger partial charge in [0.25, 0.3) is 5.91 Å². The Morgan fingerprint density at radius 3 is 1.85 bits per heavy atom. The van der Waals surface area contributed by atoms with Crippen molar-refractivity contribution in [3.8, 4) is 0 Å². The molecule has 4 aliphatic rings. The first-order valence-corrected chi connectivity index (χ1v) is 16.9. The molecule has 0 aliphatic carbocycles. The molecule has 236 valence electrons. The number of rotatable bonds is 7. The molecule has 0 N–H and O–H groups in total. The van der Waals surface area contributed by atoms with E-state index in [0.29, 0.717) is 43.6 Å². The molecule has 0 spiro atoms. The molecular weight excluding hydrogens is 598 g/mol. The normalized spacial score (nSPS) is 19.4. The third-order valence-corrected chi connectivity index (χ3v) is 9.93. The van der Waals surface area contributed by atoms with Crippen LogP contribution in [0.25, 0.3) is 0 Å². The predicted octanol–water partition coefficient (Wildman–Crippen LogP) is 3.86. The van der Waals surface area contributed by atoms with Gasteiger partial charge in [-0.15, -0.1) is 0 Å². The van der Waals surface area contributed by atoms with E-state index in [9.17, 15) is 14.4 Å². The number of amidine groups is 2. The summed E-state index contributed by atoms with van der Waals surface area (Å²) >= 11 is 1.28. The second kappa shape index (κ2) is 13.4. The smallest absolute Gasteiger partial charge is 0.259 e. The zero-order valence-corrected chi connectivity index (χ0v) is 26.5. The first-order valence-electron chi connectivity index (χ1n) is 15.9. The van der Waals surface area contributed by atoms with Crippen LogP contribution in [0.2, 0.25) is 0 Å². The lowest BCUT2D eigenvalue weighted by molar-refractivity contribution is -0.132. The summed E-state index contributed by atoms with van der Waals surface area (Å²) in [6.45, 7) is 5.73. The molecule has 0 aromatic heterocycles.